The maximum Gasteiger partial charge on any atom is 0.243 e. The van der Waals surface area contributed by atoms with Gasteiger partial charge in [-0.15, -0.1) is 15.3 Å². The van der Waals surface area contributed by atoms with E-state index in [0.29, 0.717) is 36.1 Å². The molecule has 2 aliphatic rings. The Morgan fingerprint density at radius 1 is 1.18 bits per heavy atom. The van der Waals surface area contributed by atoms with E-state index in [1.54, 1.807) is 29.8 Å². The second-order valence-corrected chi connectivity index (χ2v) is 9.15. The largest absolute Gasteiger partial charge is 0.493 e. The Morgan fingerprint density at radius 2 is 2.00 bits per heavy atom. The molecule has 0 saturated carbocycles. The minimum absolute atomic E-state index is 0.103. The number of ether oxygens (including phenoxy) is 1. The molecule has 3 aromatic rings. The Labute approximate surface area is 162 Å². The summed E-state index contributed by atoms with van der Waals surface area (Å²) in [4.78, 5) is 2.36. The molecule has 9 nitrogen and oxygen atoms in total. The molecule has 0 N–H and O–H groups in total. The van der Waals surface area contributed by atoms with Crippen molar-refractivity contribution in [2.45, 2.75) is 24.3 Å². The lowest BCUT2D eigenvalue weighted by Gasteiger charge is -2.43. The molecule has 0 spiro atoms. The van der Waals surface area contributed by atoms with Crippen molar-refractivity contribution in [3.63, 3.8) is 0 Å². The highest BCUT2D eigenvalue weighted by molar-refractivity contribution is 7.89. The number of anilines is 1. The number of likely N-dealkylation sites (N-methyl/N-ethyl adjacent to an activating group) is 1. The molecule has 10 heteroatoms. The zero-order chi connectivity index (χ0) is 19.5. The van der Waals surface area contributed by atoms with Crippen LogP contribution < -0.4 is 9.64 Å². The molecule has 28 heavy (non-hydrogen) atoms. The second kappa shape index (κ2) is 6.14. The van der Waals surface area contributed by atoms with Gasteiger partial charge in [0, 0.05) is 26.6 Å². The van der Waals surface area contributed by atoms with Gasteiger partial charge < -0.3 is 9.64 Å². The highest BCUT2D eigenvalue weighted by atomic mass is 32.2. The first kappa shape index (κ1) is 17.4. The van der Waals surface area contributed by atoms with Crippen molar-refractivity contribution < 1.29 is 13.2 Å². The highest BCUT2D eigenvalue weighted by Gasteiger charge is 2.37. The van der Waals surface area contributed by atoms with Crippen molar-refractivity contribution in [1.82, 2.24) is 24.1 Å². The van der Waals surface area contributed by atoms with E-state index in [4.69, 9.17) is 4.74 Å². The molecule has 1 aromatic carbocycles. The highest BCUT2D eigenvalue weighted by Crippen LogP contribution is 2.30. The Balaban J connectivity index is 1.32. The first-order valence-corrected chi connectivity index (χ1v) is 10.6. The molecule has 5 rings (SSSR count). The van der Waals surface area contributed by atoms with Crippen LogP contribution in [0.5, 0.6) is 5.75 Å². The van der Waals surface area contributed by atoms with Gasteiger partial charge in [-0.1, -0.05) is 0 Å². The average Bonchev–Trinajstić information content (AvgIpc) is 3.26. The summed E-state index contributed by atoms with van der Waals surface area (Å²) in [6.45, 7) is 3.63. The number of aromatic nitrogens is 4. The molecular weight excluding hydrogens is 380 g/mol. The number of aryl methyl sites for hydroxylation is 1. The summed E-state index contributed by atoms with van der Waals surface area (Å²) in [5, 5.41) is 12.6. The van der Waals surface area contributed by atoms with Gasteiger partial charge in [0.2, 0.25) is 10.0 Å². The Bertz CT molecular complexity index is 1170. The molecule has 1 fully saturated rings. The van der Waals surface area contributed by atoms with Crippen molar-refractivity contribution in [2.75, 3.05) is 31.6 Å². The summed E-state index contributed by atoms with van der Waals surface area (Å²) >= 11 is 0. The van der Waals surface area contributed by atoms with Gasteiger partial charge in [-0.25, -0.2) is 8.42 Å². The molecule has 2 aromatic heterocycles. The zero-order valence-corrected chi connectivity index (χ0v) is 16.4. The molecule has 2 aliphatic heterocycles. The van der Waals surface area contributed by atoms with Crippen LogP contribution in [0.3, 0.4) is 0 Å². The summed E-state index contributed by atoms with van der Waals surface area (Å²) in [5.41, 5.74) is 1.64. The van der Waals surface area contributed by atoms with E-state index in [2.05, 4.69) is 15.3 Å². The normalized spacial score (nSPS) is 17.0. The third kappa shape index (κ3) is 2.63. The Hall–Kier alpha value is -2.72. The van der Waals surface area contributed by atoms with Crippen LogP contribution in [0.25, 0.3) is 5.65 Å². The van der Waals surface area contributed by atoms with E-state index in [1.165, 1.54) is 4.31 Å². The average molecular weight is 400 g/mol. The summed E-state index contributed by atoms with van der Waals surface area (Å²) in [7, 11) is -1.91. The summed E-state index contributed by atoms with van der Waals surface area (Å²) in [5.74, 6) is 2.28. The molecular formula is C18H20N6O3S. The van der Waals surface area contributed by atoms with E-state index in [0.717, 1.165) is 23.6 Å². The molecule has 0 atom stereocenters. The lowest BCUT2D eigenvalue weighted by molar-refractivity contribution is 0.309. The van der Waals surface area contributed by atoms with E-state index < -0.39 is 10.0 Å². The van der Waals surface area contributed by atoms with Crippen molar-refractivity contribution in [3.8, 4) is 5.75 Å². The molecule has 1 saturated heterocycles. The number of sulfonamides is 1. The van der Waals surface area contributed by atoms with Crippen LogP contribution >= 0.6 is 0 Å². The quantitative estimate of drug-likeness (QED) is 0.642. The topological polar surface area (TPSA) is 92.9 Å². The van der Waals surface area contributed by atoms with E-state index >= 15 is 0 Å². The maximum absolute atomic E-state index is 13.0. The first-order valence-electron chi connectivity index (χ1n) is 9.11. The lowest BCUT2D eigenvalue weighted by Crippen LogP contribution is -2.60. The Kier molecular flexibility index (Phi) is 3.81. The van der Waals surface area contributed by atoms with Gasteiger partial charge in [-0.2, -0.15) is 8.82 Å². The van der Waals surface area contributed by atoms with Gasteiger partial charge in [0.1, 0.15) is 11.6 Å². The molecule has 0 bridgehead atoms. The third-order valence-electron chi connectivity index (χ3n) is 5.44. The van der Waals surface area contributed by atoms with Crippen LogP contribution in [0.1, 0.15) is 11.4 Å². The zero-order valence-electron chi connectivity index (χ0n) is 15.6. The van der Waals surface area contributed by atoms with Crippen LogP contribution in [0.4, 0.5) is 5.82 Å². The van der Waals surface area contributed by atoms with Crippen LogP contribution in [0.2, 0.25) is 0 Å². The van der Waals surface area contributed by atoms with Crippen LogP contribution in [-0.4, -0.2) is 65.3 Å². The number of fused-ring (bicyclic) bond motifs is 2. The monoisotopic (exact) mass is 400 g/mol. The van der Waals surface area contributed by atoms with Gasteiger partial charge >= 0.3 is 0 Å². The number of rotatable bonds is 4. The SMILES string of the molecule is Cc1nnc2ccc(N3CC(N(C)S(=O)(=O)c4ccc5c(c4)CCO5)C3)nn12. The Morgan fingerprint density at radius 3 is 2.82 bits per heavy atom. The third-order valence-corrected chi connectivity index (χ3v) is 7.35. The molecule has 146 valence electrons. The van der Waals surface area contributed by atoms with Gasteiger partial charge in [0.05, 0.1) is 17.5 Å². The minimum atomic E-state index is -3.55. The minimum Gasteiger partial charge on any atom is -0.493 e. The number of nitrogens with zero attached hydrogens (tertiary/aromatic N) is 6. The molecule has 0 aliphatic carbocycles. The van der Waals surface area contributed by atoms with Gasteiger partial charge in [0.25, 0.3) is 0 Å². The second-order valence-electron chi connectivity index (χ2n) is 7.16. The summed E-state index contributed by atoms with van der Waals surface area (Å²) in [6.07, 6.45) is 0.746. The molecule has 0 radical (unpaired) electrons. The van der Waals surface area contributed by atoms with E-state index in [9.17, 15) is 8.42 Å². The van der Waals surface area contributed by atoms with Crippen LogP contribution in [-0.2, 0) is 16.4 Å². The van der Waals surface area contributed by atoms with E-state index in [-0.39, 0.29) is 6.04 Å². The maximum atomic E-state index is 13.0. The van der Waals surface area contributed by atoms with Crippen molar-refractivity contribution in [2.24, 2.45) is 0 Å². The fourth-order valence-electron chi connectivity index (χ4n) is 3.61. The van der Waals surface area contributed by atoms with Gasteiger partial charge in [-0.3, -0.25) is 0 Å². The predicted molar refractivity (Wildman–Crippen MR) is 102 cm³/mol. The predicted octanol–water partition coefficient (Wildman–Crippen LogP) is 0.877. The smallest absolute Gasteiger partial charge is 0.243 e. The molecule has 0 amide bonds. The van der Waals surface area contributed by atoms with Crippen LogP contribution in [0.15, 0.2) is 35.2 Å². The number of hydrogen-bond acceptors (Lipinski definition) is 7. The van der Waals surface area contributed by atoms with Gasteiger partial charge in [0.15, 0.2) is 11.5 Å². The van der Waals surface area contributed by atoms with Gasteiger partial charge in [-0.05, 0) is 42.8 Å². The molecule has 4 heterocycles. The standard InChI is InChI=1S/C18H20N6O3S/c1-12-19-20-17-5-6-18(21-24(12)17)23-10-14(11-23)22(2)28(25,26)15-3-4-16-13(9-15)7-8-27-16/h3-6,9,14H,7-8,10-11H2,1-2H3. The summed E-state index contributed by atoms with van der Waals surface area (Å²) in [6, 6.07) is 8.74. The number of hydrogen-bond donors (Lipinski definition) is 0. The van der Waals surface area contributed by atoms with E-state index in [1.807, 2.05) is 24.0 Å². The van der Waals surface area contributed by atoms with Crippen LogP contribution in [0, 0.1) is 6.92 Å². The summed E-state index contributed by atoms with van der Waals surface area (Å²) < 4.78 is 34.7. The fourth-order valence-corrected chi connectivity index (χ4v) is 5.00. The fraction of sp³-hybridized carbons (Fsp3) is 0.389. The molecule has 0 unspecified atom stereocenters. The first-order chi connectivity index (χ1) is 13.4. The van der Waals surface area contributed by atoms with Crippen molar-refractivity contribution in [3.05, 3.63) is 41.7 Å². The number of benzene rings is 1. The van der Waals surface area contributed by atoms with Crippen molar-refractivity contribution >= 4 is 21.5 Å². The lowest BCUT2D eigenvalue weighted by atomic mass is 10.1. The van der Waals surface area contributed by atoms with Crippen molar-refractivity contribution in [1.29, 1.82) is 0 Å².